The first-order valence-corrected chi connectivity index (χ1v) is 12.6. The number of benzene rings is 1. The maximum atomic E-state index is 16.0. The summed E-state index contributed by atoms with van der Waals surface area (Å²) >= 11 is 1.37. The molecular formula is C27H22FN7OS. The van der Waals surface area contributed by atoms with Crippen molar-refractivity contribution in [1.82, 2.24) is 30.1 Å². The summed E-state index contributed by atoms with van der Waals surface area (Å²) in [7, 11) is 0. The molecule has 0 saturated heterocycles. The maximum Gasteiger partial charge on any atom is 0.169 e. The van der Waals surface area contributed by atoms with Crippen LogP contribution in [0, 0.1) is 5.82 Å². The highest BCUT2D eigenvalue weighted by Gasteiger charge is 2.21. The van der Waals surface area contributed by atoms with Gasteiger partial charge in [-0.2, -0.15) is 5.10 Å². The molecule has 37 heavy (non-hydrogen) atoms. The molecule has 3 N–H and O–H groups in total. The number of pyridine rings is 2. The Bertz CT molecular complexity index is 1800. The minimum atomic E-state index is -0.409. The minimum absolute atomic E-state index is 0.00105. The van der Waals surface area contributed by atoms with Crippen molar-refractivity contribution in [2.24, 2.45) is 0 Å². The first-order chi connectivity index (χ1) is 17.9. The van der Waals surface area contributed by atoms with Crippen LogP contribution in [0.4, 0.5) is 10.1 Å². The fraction of sp³-hybridized carbons (Fsp3) is 0.148. The molecule has 0 atom stereocenters. The zero-order chi connectivity index (χ0) is 25.7. The van der Waals surface area contributed by atoms with Gasteiger partial charge in [0.05, 0.1) is 31.9 Å². The van der Waals surface area contributed by atoms with E-state index >= 15 is 4.39 Å². The van der Waals surface area contributed by atoms with E-state index < -0.39 is 5.82 Å². The van der Waals surface area contributed by atoms with Gasteiger partial charge in [0.15, 0.2) is 11.6 Å². The number of halogens is 1. The van der Waals surface area contributed by atoms with Crippen LogP contribution in [0.5, 0.6) is 0 Å². The zero-order valence-corrected chi connectivity index (χ0v) is 21.1. The van der Waals surface area contributed by atoms with Crippen molar-refractivity contribution in [2.45, 2.75) is 26.8 Å². The Balaban J connectivity index is 1.47. The second kappa shape index (κ2) is 8.90. The minimum Gasteiger partial charge on any atom is -0.382 e. The summed E-state index contributed by atoms with van der Waals surface area (Å²) < 4.78 is 16.0. The predicted octanol–water partition coefficient (Wildman–Crippen LogP) is 6.45. The van der Waals surface area contributed by atoms with Crippen LogP contribution >= 0.6 is 11.3 Å². The fourth-order valence-electron chi connectivity index (χ4n) is 4.35. The molecule has 0 aliphatic carbocycles. The molecule has 1 aromatic carbocycles. The molecule has 0 unspecified atom stereocenters. The van der Waals surface area contributed by atoms with Crippen LogP contribution in [0.2, 0.25) is 0 Å². The van der Waals surface area contributed by atoms with E-state index in [0.29, 0.717) is 49.6 Å². The van der Waals surface area contributed by atoms with Gasteiger partial charge in [-0.1, -0.05) is 0 Å². The standard InChI is InChI=1S/C27H22FN7OS/c1-13(2)31-16-10-15(11-29-12-16)17-4-5-18-22(23(17)28)26(35-34-18)27-32-19-8-9-30-25(24(19)33-27)21-7-6-20(37-21)14(3)36/h4-13,31H,1-3H3,(H,32,33)(H,34,35). The van der Waals surface area contributed by atoms with Crippen LogP contribution in [-0.2, 0) is 0 Å². The third-order valence-electron chi connectivity index (χ3n) is 5.98. The Kier molecular flexibility index (Phi) is 5.53. The highest BCUT2D eigenvalue weighted by molar-refractivity contribution is 7.17. The summed E-state index contributed by atoms with van der Waals surface area (Å²) in [5.74, 6) is 0.0114. The lowest BCUT2D eigenvalue weighted by molar-refractivity contribution is 0.102. The second-order valence-corrected chi connectivity index (χ2v) is 10.1. The summed E-state index contributed by atoms with van der Waals surface area (Å²) in [6, 6.07) is 11.1. The van der Waals surface area contributed by atoms with E-state index in [1.807, 2.05) is 32.0 Å². The van der Waals surface area contributed by atoms with Gasteiger partial charge in [-0.25, -0.2) is 9.37 Å². The van der Waals surface area contributed by atoms with E-state index in [9.17, 15) is 4.79 Å². The van der Waals surface area contributed by atoms with Gasteiger partial charge < -0.3 is 10.3 Å². The molecule has 5 heterocycles. The molecule has 5 aromatic heterocycles. The van der Waals surface area contributed by atoms with Gasteiger partial charge in [0.1, 0.15) is 22.7 Å². The molecule has 0 saturated carbocycles. The summed E-state index contributed by atoms with van der Waals surface area (Å²) in [6.07, 6.45) is 5.04. The number of nitrogens with zero attached hydrogens (tertiary/aromatic N) is 4. The number of carbonyl (C=O) groups excluding carboxylic acids is 1. The number of thiophene rings is 1. The van der Waals surface area contributed by atoms with E-state index in [1.54, 1.807) is 36.8 Å². The highest BCUT2D eigenvalue weighted by Crippen LogP contribution is 2.36. The lowest BCUT2D eigenvalue weighted by Gasteiger charge is -2.11. The number of anilines is 1. The van der Waals surface area contributed by atoms with E-state index in [0.717, 1.165) is 16.1 Å². The molecule has 184 valence electrons. The molecule has 0 bridgehead atoms. The number of carbonyl (C=O) groups is 1. The molecular weight excluding hydrogens is 489 g/mol. The van der Waals surface area contributed by atoms with Crippen molar-refractivity contribution in [2.75, 3.05) is 5.32 Å². The third kappa shape index (κ3) is 4.05. The summed E-state index contributed by atoms with van der Waals surface area (Å²) in [4.78, 5) is 30.1. The molecule has 6 rings (SSSR count). The SMILES string of the molecule is CC(=O)c1ccc(-c2nccc3[nH]c(-c4n[nH]c5ccc(-c6cncc(NC(C)C)c6)c(F)c45)nc23)s1. The summed E-state index contributed by atoms with van der Waals surface area (Å²) in [6.45, 7) is 5.60. The molecule has 8 nitrogen and oxygen atoms in total. The normalized spacial score (nSPS) is 11.6. The molecule has 0 spiro atoms. The van der Waals surface area contributed by atoms with E-state index in [4.69, 9.17) is 4.98 Å². The number of H-pyrrole nitrogens is 2. The number of rotatable bonds is 6. The fourth-order valence-corrected chi connectivity index (χ4v) is 5.25. The van der Waals surface area contributed by atoms with E-state index in [2.05, 4.69) is 30.5 Å². The van der Waals surface area contributed by atoms with Gasteiger partial charge in [0.25, 0.3) is 0 Å². The van der Waals surface area contributed by atoms with Crippen molar-refractivity contribution in [3.63, 3.8) is 0 Å². The van der Waals surface area contributed by atoms with Gasteiger partial charge in [0, 0.05) is 35.8 Å². The topological polar surface area (TPSA) is 112 Å². The number of fused-ring (bicyclic) bond motifs is 2. The first kappa shape index (κ1) is 23.0. The maximum absolute atomic E-state index is 16.0. The van der Waals surface area contributed by atoms with Crippen molar-refractivity contribution in [3.05, 3.63) is 65.7 Å². The van der Waals surface area contributed by atoms with Crippen LogP contribution in [0.1, 0.15) is 30.4 Å². The number of aromatic amines is 2. The largest absolute Gasteiger partial charge is 0.382 e. The molecule has 10 heteroatoms. The Hall–Kier alpha value is -4.44. The van der Waals surface area contributed by atoms with Crippen LogP contribution in [0.25, 0.3) is 55.2 Å². The average Bonchev–Trinajstić information content (AvgIpc) is 3.61. The number of ketones is 1. The Morgan fingerprint density at radius 3 is 2.73 bits per heavy atom. The molecule has 6 aromatic rings. The third-order valence-corrected chi connectivity index (χ3v) is 7.18. The van der Waals surface area contributed by atoms with Crippen LogP contribution in [-0.4, -0.2) is 42.0 Å². The lowest BCUT2D eigenvalue weighted by atomic mass is 10.0. The Morgan fingerprint density at radius 1 is 1.08 bits per heavy atom. The summed E-state index contributed by atoms with van der Waals surface area (Å²) in [5, 5.41) is 11.0. The first-order valence-electron chi connectivity index (χ1n) is 11.7. The van der Waals surface area contributed by atoms with Gasteiger partial charge >= 0.3 is 0 Å². The number of imidazole rings is 1. The monoisotopic (exact) mass is 511 g/mol. The molecule has 0 amide bonds. The summed E-state index contributed by atoms with van der Waals surface area (Å²) in [5.41, 5.74) is 4.84. The molecule has 0 radical (unpaired) electrons. The van der Waals surface area contributed by atoms with E-state index in [-0.39, 0.29) is 11.8 Å². The van der Waals surface area contributed by atoms with E-state index in [1.165, 1.54) is 18.3 Å². The smallest absolute Gasteiger partial charge is 0.169 e. The van der Waals surface area contributed by atoms with Gasteiger partial charge in [-0.15, -0.1) is 11.3 Å². The van der Waals surface area contributed by atoms with Crippen LogP contribution < -0.4 is 5.32 Å². The van der Waals surface area contributed by atoms with Crippen LogP contribution in [0.3, 0.4) is 0 Å². The zero-order valence-electron chi connectivity index (χ0n) is 20.3. The number of hydrogen-bond acceptors (Lipinski definition) is 7. The van der Waals surface area contributed by atoms with Crippen molar-refractivity contribution in [1.29, 1.82) is 0 Å². The van der Waals surface area contributed by atoms with Crippen molar-refractivity contribution < 1.29 is 9.18 Å². The molecule has 0 aliphatic heterocycles. The Morgan fingerprint density at radius 2 is 1.95 bits per heavy atom. The average molecular weight is 512 g/mol. The predicted molar refractivity (Wildman–Crippen MR) is 144 cm³/mol. The molecule has 0 fully saturated rings. The highest BCUT2D eigenvalue weighted by atomic mass is 32.1. The molecule has 0 aliphatic rings. The van der Waals surface area contributed by atoms with Gasteiger partial charge in [-0.05, 0) is 57.2 Å². The number of nitrogens with one attached hydrogen (secondary N) is 3. The quantitative estimate of drug-likeness (QED) is 0.221. The van der Waals surface area contributed by atoms with Crippen molar-refractivity contribution >= 4 is 44.7 Å². The van der Waals surface area contributed by atoms with Crippen LogP contribution in [0.15, 0.2) is 55.0 Å². The number of hydrogen-bond donors (Lipinski definition) is 3. The van der Waals surface area contributed by atoms with Gasteiger partial charge in [0.2, 0.25) is 0 Å². The van der Waals surface area contributed by atoms with Crippen molar-refractivity contribution in [3.8, 4) is 33.2 Å². The number of Topliss-reactive ketones (excluding diaryl/α,β-unsaturated/α-hetero) is 1. The van der Waals surface area contributed by atoms with Gasteiger partial charge in [-0.3, -0.25) is 19.9 Å². The number of aromatic nitrogens is 6. The Labute approximate surface area is 215 Å². The second-order valence-electron chi connectivity index (χ2n) is 9.04. The lowest BCUT2D eigenvalue weighted by Crippen LogP contribution is -2.09.